The highest BCUT2D eigenvalue weighted by Crippen LogP contribution is 2.21. The Bertz CT molecular complexity index is 547. The van der Waals surface area contributed by atoms with Crippen LogP contribution in [-0.4, -0.2) is 29.7 Å². The van der Waals surface area contributed by atoms with E-state index in [0.717, 1.165) is 30.9 Å². The molecular weight excluding hydrogens is 252 g/mol. The maximum atomic E-state index is 5.73. The minimum absolute atomic E-state index is 0.147. The quantitative estimate of drug-likeness (QED) is 0.895. The summed E-state index contributed by atoms with van der Waals surface area (Å²) >= 11 is 0. The standard InChI is InChI=1S/C15H18N4O/c1-11-8-17-15(18-9-11)19-13-4-2-12(3-5-13)14-10-16-6-7-20-14/h2-5,8-9,14,16H,6-7,10H2,1H3,(H,17,18,19)/t14-/m1/s1. The highest BCUT2D eigenvalue weighted by molar-refractivity contribution is 5.53. The van der Waals surface area contributed by atoms with E-state index in [4.69, 9.17) is 4.74 Å². The van der Waals surface area contributed by atoms with Crippen molar-refractivity contribution in [1.82, 2.24) is 15.3 Å². The highest BCUT2D eigenvalue weighted by atomic mass is 16.5. The largest absolute Gasteiger partial charge is 0.371 e. The Morgan fingerprint density at radius 3 is 2.60 bits per heavy atom. The van der Waals surface area contributed by atoms with Crippen LogP contribution in [0.4, 0.5) is 11.6 Å². The van der Waals surface area contributed by atoms with Crippen LogP contribution in [0.5, 0.6) is 0 Å². The molecule has 2 aromatic rings. The lowest BCUT2D eigenvalue weighted by Gasteiger charge is -2.24. The summed E-state index contributed by atoms with van der Waals surface area (Å²) in [6.07, 6.45) is 3.74. The minimum Gasteiger partial charge on any atom is -0.371 e. The molecule has 0 unspecified atom stereocenters. The molecule has 1 aromatic carbocycles. The number of anilines is 2. The number of nitrogens with zero attached hydrogens (tertiary/aromatic N) is 2. The molecule has 104 valence electrons. The van der Waals surface area contributed by atoms with E-state index in [0.29, 0.717) is 5.95 Å². The number of rotatable bonds is 3. The summed E-state index contributed by atoms with van der Waals surface area (Å²) < 4.78 is 5.73. The smallest absolute Gasteiger partial charge is 0.227 e. The maximum absolute atomic E-state index is 5.73. The first-order valence-corrected chi connectivity index (χ1v) is 6.79. The fourth-order valence-corrected chi connectivity index (χ4v) is 2.15. The van der Waals surface area contributed by atoms with Crippen LogP contribution in [0.3, 0.4) is 0 Å². The van der Waals surface area contributed by atoms with Gasteiger partial charge in [-0.05, 0) is 30.2 Å². The lowest BCUT2D eigenvalue weighted by molar-refractivity contribution is 0.0277. The molecule has 2 heterocycles. The SMILES string of the molecule is Cc1cnc(Nc2ccc([C@H]3CNCCO3)cc2)nc1. The summed E-state index contributed by atoms with van der Waals surface area (Å²) in [5.41, 5.74) is 3.21. The zero-order chi connectivity index (χ0) is 13.8. The van der Waals surface area contributed by atoms with Crippen molar-refractivity contribution in [1.29, 1.82) is 0 Å². The van der Waals surface area contributed by atoms with Gasteiger partial charge in [0.25, 0.3) is 0 Å². The monoisotopic (exact) mass is 270 g/mol. The molecule has 1 atom stereocenters. The third-order valence-corrected chi connectivity index (χ3v) is 3.25. The summed E-state index contributed by atoms with van der Waals surface area (Å²) in [5, 5.41) is 6.52. The fourth-order valence-electron chi connectivity index (χ4n) is 2.15. The van der Waals surface area contributed by atoms with Crippen molar-refractivity contribution < 1.29 is 4.74 Å². The fraction of sp³-hybridized carbons (Fsp3) is 0.333. The predicted octanol–water partition coefficient (Wildman–Crippen LogP) is 2.19. The van der Waals surface area contributed by atoms with E-state index in [-0.39, 0.29) is 6.10 Å². The van der Waals surface area contributed by atoms with Crippen molar-refractivity contribution in [3.63, 3.8) is 0 Å². The second-order valence-electron chi connectivity index (χ2n) is 4.89. The number of hydrogen-bond acceptors (Lipinski definition) is 5. The Kier molecular flexibility index (Phi) is 3.90. The van der Waals surface area contributed by atoms with Gasteiger partial charge in [0.15, 0.2) is 0 Å². The second kappa shape index (κ2) is 5.98. The van der Waals surface area contributed by atoms with Crippen molar-refractivity contribution in [2.45, 2.75) is 13.0 Å². The van der Waals surface area contributed by atoms with Crippen LogP contribution < -0.4 is 10.6 Å². The molecule has 0 bridgehead atoms. The van der Waals surface area contributed by atoms with Gasteiger partial charge in [0.1, 0.15) is 0 Å². The molecule has 2 N–H and O–H groups in total. The Balaban J connectivity index is 1.67. The summed E-state index contributed by atoms with van der Waals surface area (Å²) in [7, 11) is 0. The summed E-state index contributed by atoms with van der Waals surface area (Å²) in [4.78, 5) is 8.46. The lowest BCUT2D eigenvalue weighted by Crippen LogP contribution is -2.33. The third-order valence-electron chi connectivity index (χ3n) is 3.25. The molecule has 5 heteroatoms. The number of benzene rings is 1. The topological polar surface area (TPSA) is 59.1 Å². The van der Waals surface area contributed by atoms with Gasteiger partial charge in [0, 0.05) is 31.2 Å². The lowest BCUT2D eigenvalue weighted by atomic mass is 10.1. The van der Waals surface area contributed by atoms with E-state index in [2.05, 4.69) is 32.7 Å². The van der Waals surface area contributed by atoms with E-state index >= 15 is 0 Å². The van der Waals surface area contributed by atoms with Crippen molar-refractivity contribution in [2.75, 3.05) is 25.0 Å². The van der Waals surface area contributed by atoms with Crippen LogP contribution in [0, 0.1) is 6.92 Å². The zero-order valence-electron chi connectivity index (χ0n) is 11.5. The zero-order valence-corrected chi connectivity index (χ0v) is 11.5. The van der Waals surface area contributed by atoms with Gasteiger partial charge in [-0.15, -0.1) is 0 Å². The van der Waals surface area contributed by atoms with Gasteiger partial charge in [-0.2, -0.15) is 0 Å². The first-order valence-electron chi connectivity index (χ1n) is 6.79. The molecule has 0 amide bonds. The molecule has 1 aromatic heterocycles. The molecule has 0 radical (unpaired) electrons. The van der Waals surface area contributed by atoms with E-state index < -0.39 is 0 Å². The minimum atomic E-state index is 0.147. The third kappa shape index (κ3) is 3.12. The van der Waals surface area contributed by atoms with Gasteiger partial charge in [0.05, 0.1) is 12.7 Å². The first-order chi connectivity index (χ1) is 9.81. The Morgan fingerprint density at radius 1 is 1.20 bits per heavy atom. The Labute approximate surface area is 118 Å². The first kappa shape index (κ1) is 13.0. The number of morpholine rings is 1. The molecule has 0 saturated carbocycles. The van der Waals surface area contributed by atoms with Crippen LogP contribution in [0.25, 0.3) is 0 Å². The van der Waals surface area contributed by atoms with E-state index in [1.54, 1.807) is 12.4 Å². The van der Waals surface area contributed by atoms with Crippen LogP contribution in [-0.2, 0) is 4.74 Å². The predicted molar refractivity (Wildman–Crippen MR) is 78.1 cm³/mol. The number of ether oxygens (including phenoxy) is 1. The van der Waals surface area contributed by atoms with Crippen LogP contribution in [0.15, 0.2) is 36.7 Å². The van der Waals surface area contributed by atoms with E-state index in [1.165, 1.54) is 5.56 Å². The number of aromatic nitrogens is 2. The summed E-state index contributed by atoms with van der Waals surface area (Å²) in [6, 6.07) is 8.20. The molecule has 5 nitrogen and oxygen atoms in total. The molecule has 0 aliphatic carbocycles. The number of aryl methyl sites for hydroxylation is 1. The molecule has 1 aliphatic rings. The average Bonchev–Trinajstić information content (AvgIpc) is 2.51. The van der Waals surface area contributed by atoms with Crippen LogP contribution in [0.1, 0.15) is 17.2 Å². The molecular formula is C15H18N4O. The highest BCUT2D eigenvalue weighted by Gasteiger charge is 2.15. The Morgan fingerprint density at radius 2 is 1.95 bits per heavy atom. The van der Waals surface area contributed by atoms with Crippen molar-refractivity contribution in [3.05, 3.63) is 47.8 Å². The van der Waals surface area contributed by atoms with Crippen LogP contribution >= 0.6 is 0 Å². The van der Waals surface area contributed by atoms with Crippen molar-refractivity contribution in [3.8, 4) is 0 Å². The van der Waals surface area contributed by atoms with Gasteiger partial charge in [-0.3, -0.25) is 0 Å². The van der Waals surface area contributed by atoms with E-state index in [9.17, 15) is 0 Å². The van der Waals surface area contributed by atoms with Crippen molar-refractivity contribution >= 4 is 11.6 Å². The maximum Gasteiger partial charge on any atom is 0.227 e. The molecule has 3 rings (SSSR count). The summed E-state index contributed by atoms with van der Waals surface area (Å²) in [6.45, 7) is 4.54. The molecule has 0 spiro atoms. The summed E-state index contributed by atoms with van der Waals surface area (Å²) in [5.74, 6) is 0.610. The van der Waals surface area contributed by atoms with Crippen LogP contribution in [0.2, 0.25) is 0 Å². The molecule has 1 saturated heterocycles. The van der Waals surface area contributed by atoms with Gasteiger partial charge in [-0.25, -0.2) is 9.97 Å². The second-order valence-corrected chi connectivity index (χ2v) is 4.89. The van der Waals surface area contributed by atoms with E-state index in [1.807, 2.05) is 19.1 Å². The molecule has 1 aliphatic heterocycles. The van der Waals surface area contributed by atoms with Gasteiger partial charge in [0.2, 0.25) is 5.95 Å². The molecule has 20 heavy (non-hydrogen) atoms. The van der Waals surface area contributed by atoms with Crippen molar-refractivity contribution in [2.24, 2.45) is 0 Å². The van der Waals surface area contributed by atoms with Gasteiger partial charge >= 0.3 is 0 Å². The van der Waals surface area contributed by atoms with Gasteiger partial charge < -0.3 is 15.4 Å². The number of nitrogens with one attached hydrogen (secondary N) is 2. The average molecular weight is 270 g/mol. The normalized spacial score (nSPS) is 18.8. The Hall–Kier alpha value is -1.98. The van der Waals surface area contributed by atoms with Gasteiger partial charge in [-0.1, -0.05) is 12.1 Å². The molecule has 1 fully saturated rings. The number of hydrogen-bond donors (Lipinski definition) is 2.